The molecule has 5 radical (unpaired) electrons. The van der Waals surface area contributed by atoms with Crippen molar-refractivity contribution in [2.45, 2.75) is 26.2 Å². The maximum absolute atomic E-state index is 11.8. The largest absolute Gasteiger partial charge is 0.513 e. The summed E-state index contributed by atoms with van der Waals surface area (Å²) in [7, 11) is 2.05. The van der Waals surface area contributed by atoms with E-state index in [1.165, 1.54) is 99.6 Å². The van der Waals surface area contributed by atoms with Gasteiger partial charge >= 0.3 is 12.4 Å². The van der Waals surface area contributed by atoms with Gasteiger partial charge in [-0.1, -0.05) is 217 Å². The molecule has 0 aliphatic carbocycles. The Morgan fingerprint density at radius 1 is 0.418 bits per heavy atom. The second-order valence-electron chi connectivity index (χ2n) is 31.0. The molecular weight excluding hydrogens is 2840 g/mol. The fourth-order valence-corrected chi connectivity index (χ4v) is 15.6. The van der Waals surface area contributed by atoms with Crippen LogP contribution in [0.15, 0.2) is 423 Å². The van der Waals surface area contributed by atoms with Crippen molar-refractivity contribution in [1.29, 1.82) is 0 Å². The third-order valence-corrected chi connectivity index (χ3v) is 22.2. The topological polar surface area (TPSA) is 215 Å². The van der Waals surface area contributed by atoms with Gasteiger partial charge in [0.05, 0.1) is 57.4 Å². The number of para-hydroxylation sites is 5. The number of thiophene rings is 1. The summed E-state index contributed by atoms with van der Waals surface area (Å²) in [5.74, 6) is -5.57. The number of ketones is 3. The van der Waals surface area contributed by atoms with Gasteiger partial charge in [-0.15, -0.1) is 81.6 Å². The minimum absolute atomic E-state index is 0. The molecule has 10 heterocycles. The van der Waals surface area contributed by atoms with E-state index in [1.807, 2.05) is 116 Å². The number of furan rings is 1. The number of carbonyl (C=O) groups is 3. The van der Waals surface area contributed by atoms with Gasteiger partial charge in [0.1, 0.15) is 17.1 Å². The summed E-state index contributed by atoms with van der Waals surface area (Å²) < 4.78 is 76.7. The van der Waals surface area contributed by atoms with Crippen molar-refractivity contribution in [3.8, 4) is 11.3 Å². The molecule has 8 aromatic heterocycles. The van der Waals surface area contributed by atoms with Crippen molar-refractivity contribution < 1.29 is 247 Å². The number of carbonyl (C=O) groups excluding carboxylic acids is 3. The van der Waals surface area contributed by atoms with Crippen LogP contribution in [0.4, 0.5) is 54.8 Å². The van der Waals surface area contributed by atoms with E-state index in [0.717, 1.165) is 124 Å². The normalized spacial score (nSPS) is 11.6. The summed E-state index contributed by atoms with van der Waals surface area (Å²) >= 11 is 1.05. The van der Waals surface area contributed by atoms with Gasteiger partial charge in [-0.3, -0.25) is 34.3 Å². The number of aliphatic hydroxyl groups is 3. The average Bonchev–Trinajstić information content (AvgIpc) is 1.58. The third kappa shape index (κ3) is 32.2. The Morgan fingerprint density at radius 3 is 1.41 bits per heavy atom. The zero-order chi connectivity index (χ0) is 96.5. The third-order valence-electron chi connectivity index (χ3n) is 21.3. The summed E-state index contributed by atoms with van der Waals surface area (Å²) in [6.45, 7) is 4.48. The summed E-state index contributed by atoms with van der Waals surface area (Å²) in [4.78, 5) is 66.3. The van der Waals surface area contributed by atoms with E-state index in [4.69, 9.17) is 14.6 Å². The molecule has 0 saturated carbocycles. The number of rotatable bonds is 9. The molecule has 749 valence electrons. The molecule has 0 fully saturated rings. The van der Waals surface area contributed by atoms with Crippen LogP contribution in [0.5, 0.6) is 0 Å². The molecule has 2 aliphatic rings. The number of nitrogens with zero attached hydrogens (tertiary/aromatic N) is 10. The van der Waals surface area contributed by atoms with E-state index < -0.39 is 35.4 Å². The molecule has 3 N–H and O–H groups in total. The van der Waals surface area contributed by atoms with E-state index in [0.29, 0.717) is 0 Å². The molecule has 17 nitrogen and oxygen atoms in total. The van der Waals surface area contributed by atoms with Crippen LogP contribution in [0.3, 0.4) is 0 Å². The predicted octanol–water partition coefficient (Wildman–Crippen LogP) is 29.3. The SMILES string of the molecule is CC(=O)C=C(C)O.CN1C=CN(c2[c-]ccc3c2oc2ccccc23)C1.O=C(C=C(O)c1ccccc1)C(F)(F)F.O=C(C=C(O)c1cccs1)C(F)(F)F.[CH3+].[CH3+].[Dy].[Eu].[Ir].[Ir].[Ir].[Tb].[c-]1cc2ccccc2cc1-c1nccc2ccccc12.[c-]1cccc2ccc3cccnc3c12.[c-]1ccccc1N1CN(c2ccccc2)c2ccccc21.c1cnc2c(c1)ccc1cccnc12.c1cnc2c(c1)ccc1cccnc12. The summed E-state index contributed by atoms with van der Waals surface area (Å²) in [5, 5.41) is 43.3. The van der Waals surface area contributed by atoms with Crippen LogP contribution in [0.2, 0.25) is 0 Å². The first-order valence-electron chi connectivity index (χ1n) is 43.2. The molecule has 2 aliphatic heterocycles. The smallest absolute Gasteiger partial charge is 0.454 e. The molecule has 0 unspecified atom stereocenters. The first kappa shape index (κ1) is 121. The first-order valence-corrected chi connectivity index (χ1v) is 44.1. The molecule has 21 aromatic rings. The van der Waals surface area contributed by atoms with E-state index in [9.17, 15) is 45.8 Å². The molecule has 23 rings (SSSR count). The number of pyridine rings is 6. The summed E-state index contributed by atoms with van der Waals surface area (Å²) in [6, 6.07) is 124. The second-order valence-corrected chi connectivity index (χ2v) is 31.9. The predicted molar refractivity (Wildman–Crippen MR) is 554 cm³/mol. The molecule has 0 amide bonds. The molecular formula is C116H90DyEuF6Ir3N10O7STb-2. The van der Waals surface area contributed by atoms with Gasteiger partial charge in [0.2, 0.25) is 0 Å². The number of halogens is 6. The summed E-state index contributed by atoms with van der Waals surface area (Å²) in [5.41, 5.74) is 14.7. The van der Waals surface area contributed by atoms with Crippen LogP contribution in [0.1, 0.15) is 24.3 Å². The number of fused-ring (bicyclic) bond motifs is 15. The fraction of sp³-hybridized carbons (Fsp3) is 0.0603. The molecule has 13 aromatic carbocycles. The standard InChI is InChI=1S/C19H15N2.C19H12N.C16H13N2O.C13H8N.2C12H8N2.C10H7F3O2.C8H5F3O2S.C5H8O2.2CH3.Dy.Eu.3Ir.Tb/c1-3-9-16(10-4-1)20-15-21(17-11-5-2-6-12-17)19-14-8-7-13-18(19)20;1-2-7-16-13-17(10-9-14(16)5-1)19-18-8-4-3-6-15(18)11-12-20-19;1-17-9-10-18(11-17)14-7-4-6-13-12-5-2-3-8-15(12)19-16(13)14;1-2-6-12-10(4-1)7-8-11-5-3-9-14-13(11)12;2*1-3-9-5-6-10-4-2-8-14-12(10)11(9)13-7-1;11-10(12,13)9(15)6-8(14)7-4-2-1-3-5-7;9-8(10,11)7(13)4-5(12)6-2-1-3-14-6;1-4(6)3-5(2)7;;;;;;;;/h1-11,13-14H,15H2;1-9,11-13H;2-6,8-10H,11H2,1H3;1-5,7-9H;2*1-8H;1-6,14H;1-4,12H;3,6H,1-2H3;2*1H3;;;;;;/q4*-1;;;;;;2*+1;;;;;;. The van der Waals surface area contributed by atoms with Crippen LogP contribution in [0.25, 0.3) is 132 Å². The van der Waals surface area contributed by atoms with Gasteiger partial charge < -0.3 is 49.3 Å². The Labute approximate surface area is 987 Å². The fourth-order valence-electron chi connectivity index (χ4n) is 14.9. The molecule has 30 heteroatoms. The Bertz CT molecular complexity index is 7510. The van der Waals surface area contributed by atoms with E-state index in [1.54, 1.807) is 42.3 Å². The van der Waals surface area contributed by atoms with Crippen LogP contribution >= 0.6 is 11.3 Å². The number of benzene rings is 13. The van der Waals surface area contributed by atoms with Crippen LogP contribution in [0, 0.1) is 165 Å². The van der Waals surface area contributed by atoms with Crippen LogP contribution < -0.4 is 14.7 Å². The van der Waals surface area contributed by atoms with Gasteiger partial charge in [0.15, 0.2) is 5.78 Å². The van der Waals surface area contributed by atoms with Gasteiger partial charge in [0, 0.05) is 320 Å². The number of aromatic nitrogens is 6. The van der Waals surface area contributed by atoms with Crippen molar-refractivity contribution in [1.82, 2.24) is 34.8 Å². The Kier molecular flexibility index (Phi) is 48.8. The van der Waals surface area contributed by atoms with Crippen LogP contribution in [-0.2, 0) is 74.7 Å². The average molecular weight is 2930 g/mol. The molecule has 0 spiro atoms. The van der Waals surface area contributed by atoms with E-state index in [2.05, 4.69) is 287 Å². The zero-order valence-electron chi connectivity index (χ0n) is 78.3. The van der Waals surface area contributed by atoms with Crippen molar-refractivity contribution in [2.75, 3.05) is 35.1 Å². The molecule has 0 saturated heterocycles. The Morgan fingerprint density at radius 2 is 0.890 bits per heavy atom. The molecule has 0 atom stereocenters. The van der Waals surface area contributed by atoms with Crippen molar-refractivity contribution in [3.63, 3.8) is 0 Å². The van der Waals surface area contributed by atoms with Gasteiger partial charge in [0.25, 0.3) is 11.6 Å². The first-order chi connectivity index (χ1) is 67.0. The minimum atomic E-state index is -4.96. The number of hydrogen-bond acceptors (Lipinski definition) is 18. The molecule has 146 heavy (non-hydrogen) atoms. The van der Waals surface area contributed by atoms with Crippen LogP contribution in [-0.4, -0.2) is 100 Å². The minimum Gasteiger partial charge on any atom is -0.513 e. The number of alkyl halides is 6. The number of allylic oxidation sites excluding steroid dienone is 4. The zero-order valence-corrected chi connectivity index (χ0v) is 92.9. The monoisotopic (exact) mass is 2940 g/mol. The molecule has 0 bridgehead atoms. The maximum Gasteiger partial charge on any atom is 0.454 e. The van der Waals surface area contributed by atoms with E-state index >= 15 is 0 Å². The van der Waals surface area contributed by atoms with Crippen molar-refractivity contribution >= 4 is 177 Å². The Hall–Kier alpha value is -11.7. The number of aliphatic hydroxyl groups excluding tert-OH is 3. The number of anilines is 5. The summed E-state index contributed by atoms with van der Waals surface area (Å²) in [6.07, 6.45) is 6.60. The van der Waals surface area contributed by atoms with Gasteiger partial charge in [-0.25, -0.2) is 0 Å². The van der Waals surface area contributed by atoms with Gasteiger partial charge in [-0.05, 0) is 125 Å². The van der Waals surface area contributed by atoms with Crippen molar-refractivity contribution in [2.24, 2.45) is 0 Å². The second kappa shape index (κ2) is 58.8. The Balaban J connectivity index is 0.000000223. The van der Waals surface area contributed by atoms with Gasteiger partial charge in [-0.2, -0.15) is 68.8 Å². The quantitative estimate of drug-likeness (QED) is 0.0403. The maximum atomic E-state index is 11.8. The van der Waals surface area contributed by atoms with E-state index in [-0.39, 0.29) is 235 Å². The number of hydrogen-bond donors (Lipinski definition) is 3. The van der Waals surface area contributed by atoms with Crippen molar-refractivity contribution in [3.05, 3.63) is 468 Å².